The molecule has 49 heavy (non-hydrogen) atoms. The number of rotatable bonds is 4. The van der Waals surface area contributed by atoms with Crippen LogP contribution >= 0.6 is 0 Å². The summed E-state index contributed by atoms with van der Waals surface area (Å²) in [5, 5.41) is 2.32. The fourth-order valence-corrected chi connectivity index (χ4v) is 10.8. The second kappa shape index (κ2) is 9.39. The molecule has 6 aromatic carbocycles. The van der Waals surface area contributed by atoms with E-state index in [-0.39, 0.29) is 10.8 Å². The van der Waals surface area contributed by atoms with Gasteiger partial charge in [-0.15, -0.1) is 0 Å². The highest BCUT2D eigenvalue weighted by Gasteiger charge is 2.73. The van der Waals surface area contributed by atoms with E-state index in [9.17, 15) is 0 Å². The summed E-state index contributed by atoms with van der Waals surface area (Å²) in [4.78, 5) is 15.5. The first-order valence-corrected chi connectivity index (χ1v) is 17.7. The second-order valence-corrected chi connectivity index (χ2v) is 15.0. The SMILES string of the molecule is CC(C)C12c3ccccc3-c3ccc4c(c31)C1CC1(c1cc(-c3nc(-c5ccccc5)nc(-c5cccc6ccccc56)n3)ccc1-4)C2C. The van der Waals surface area contributed by atoms with E-state index in [1.807, 2.05) is 6.07 Å². The van der Waals surface area contributed by atoms with Crippen molar-refractivity contribution in [2.45, 2.75) is 43.9 Å². The predicted molar refractivity (Wildman–Crippen MR) is 198 cm³/mol. The third-order valence-corrected chi connectivity index (χ3v) is 12.8. The van der Waals surface area contributed by atoms with Gasteiger partial charge in [0.15, 0.2) is 17.5 Å². The van der Waals surface area contributed by atoms with Crippen LogP contribution in [0.3, 0.4) is 0 Å². The molecule has 1 heterocycles. The Morgan fingerprint density at radius 2 is 1.22 bits per heavy atom. The van der Waals surface area contributed by atoms with Crippen molar-refractivity contribution in [3.8, 4) is 56.4 Å². The fourth-order valence-electron chi connectivity index (χ4n) is 10.8. The quantitative estimate of drug-likeness (QED) is 0.194. The minimum Gasteiger partial charge on any atom is -0.208 e. The molecule has 234 valence electrons. The van der Waals surface area contributed by atoms with Crippen LogP contribution in [0.1, 0.15) is 55.4 Å². The van der Waals surface area contributed by atoms with Gasteiger partial charge in [0.2, 0.25) is 0 Å². The molecule has 3 heteroatoms. The van der Waals surface area contributed by atoms with E-state index in [0.29, 0.717) is 29.4 Å². The lowest BCUT2D eigenvalue weighted by Gasteiger charge is -2.52. The van der Waals surface area contributed by atoms with Crippen molar-refractivity contribution in [2.75, 3.05) is 0 Å². The molecular weight excluding hydrogens is 595 g/mol. The summed E-state index contributed by atoms with van der Waals surface area (Å²) < 4.78 is 0. The first-order valence-electron chi connectivity index (χ1n) is 17.7. The molecule has 0 spiro atoms. The van der Waals surface area contributed by atoms with Crippen LogP contribution < -0.4 is 0 Å². The maximum atomic E-state index is 5.25. The Morgan fingerprint density at radius 3 is 2.08 bits per heavy atom. The van der Waals surface area contributed by atoms with Crippen molar-refractivity contribution in [3.05, 3.63) is 150 Å². The van der Waals surface area contributed by atoms with E-state index < -0.39 is 0 Å². The van der Waals surface area contributed by atoms with Crippen molar-refractivity contribution >= 4 is 10.8 Å². The van der Waals surface area contributed by atoms with Gasteiger partial charge in [-0.2, -0.15) is 0 Å². The highest BCUT2D eigenvalue weighted by Crippen LogP contribution is 2.80. The summed E-state index contributed by atoms with van der Waals surface area (Å²) >= 11 is 0. The van der Waals surface area contributed by atoms with Crippen molar-refractivity contribution < 1.29 is 0 Å². The number of benzene rings is 6. The summed E-state index contributed by atoms with van der Waals surface area (Å²) in [6.07, 6.45) is 1.21. The molecule has 4 aliphatic rings. The standard InChI is InChI=1S/C46H35N3/c1-26(2)46-27(3)45-25-39(45)40-34(22-23-35(41(40)46)32-17-9-10-19-37(32)46)33-21-20-30(24-38(33)45)43-47-42(29-13-5-4-6-14-29)48-44(49-43)36-18-11-15-28-12-7-8-16-31(28)36/h4-24,26-27,39H,25H2,1-3H3. The minimum atomic E-state index is -0.00680. The minimum absolute atomic E-state index is 0.00680. The maximum Gasteiger partial charge on any atom is 0.164 e. The van der Waals surface area contributed by atoms with E-state index in [2.05, 4.69) is 142 Å². The summed E-state index contributed by atoms with van der Waals surface area (Å²) in [7, 11) is 0. The van der Waals surface area contributed by atoms with Gasteiger partial charge < -0.3 is 0 Å². The summed E-state index contributed by atoms with van der Waals surface area (Å²) in [5.41, 5.74) is 15.2. The van der Waals surface area contributed by atoms with Crippen LogP contribution in [0, 0.1) is 11.8 Å². The fraction of sp³-hybridized carbons (Fsp3) is 0.196. The molecule has 0 saturated heterocycles. The van der Waals surface area contributed by atoms with Crippen molar-refractivity contribution in [1.82, 2.24) is 15.0 Å². The Bertz CT molecular complexity index is 2540. The molecule has 0 radical (unpaired) electrons. The third-order valence-electron chi connectivity index (χ3n) is 12.8. The lowest BCUT2D eigenvalue weighted by molar-refractivity contribution is 0.197. The molecule has 1 aromatic heterocycles. The van der Waals surface area contributed by atoms with Crippen LogP contribution in [0.5, 0.6) is 0 Å². The van der Waals surface area contributed by atoms with Crippen LogP contribution in [-0.2, 0) is 10.8 Å². The molecule has 4 atom stereocenters. The Balaban J connectivity index is 1.15. The average Bonchev–Trinajstić information content (AvgIpc) is 3.86. The number of nitrogens with zero attached hydrogens (tertiary/aromatic N) is 3. The Labute approximate surface area is 286 Å². The van der Waals surface area contributed by atoms with Gasteiger partial charge in [-0.1, -0.05) is 142 Å². The molecule has 4 unspecified atom stereocenters. The van der Waals surface area contributed by atoms with E-state index in [1.165, 1.54) is 45.2 Å². The number of fused-ring (bicyclic) bond motifs is 6. The highest BCUT2D eigenvalue weighted by atomic mass is 15.0. The number of hydrogen-bond donors (Lipinski definition) is 0. The van der Waals surface area contributed by atoms with Gasteiger partial charge in [0.1, 0.15) is 0 Å². The van der Waals surface area contributed by atoms with Gasteiger partial charge >= 0.3 is 0 Å². The zero-order valence-corrected chi connectivity index (χ0v) is 27.9. The monoisotopic (exact) mass is 629 g/mol. The van der Waals surface area contributed by atoms with Crippen LogP contribution in [0.2, 0.25) is 0 Å². The molecule has 7 aromatic rings. The molecule has 0 aliphatic heterocycles. The van der Waals surface area contributed by atoms with Crippen LogP contribution in [-0.4, -0.2) is 15.0 Å². The van der Waals surface area contributed by atoms with Crippen LogP contribution in [0.15, 0.2) is 127 Å². The van der Waals surface area contributed by atoms with E-state index in [1.54, 1.807) is 11.1 Å². The Kier molecular flexibility index (Phi) is 5.27. The normalized spacial score (nSPS) is 23.3. The van der Waals surface area contributed by atoms with Crippen LogP contribution in [0.4, 0.5) is 0 Å². The summed E-state index contributed by atoms with van der Waals surface area (Å²) in [6, 6.07) is 46.4. The topological polar surface area (TPSA) is 38.7 Å². The second-order valence-electron chi connectivity index (χ2n) is 15.0. The molecule has 3 nitrogen and oxygen atoms in total. The van der Waals surface area contributed by atoms with E-state index in [0.717, 1.165) is 27.9 Å². The zero-order chi connectivity index (χ0) is 32.6. The van der Waals surface area contributed by atoms with Crippen molar-refractivity contribution in [3.63, 3.8) is 0 Å². The molecule has 4 aliphatic carbocycles. The summed E-state index contributed by atoms with van der Waals surface area (Å²) in [5.74, 6) is 3.61. The molecule has 2 bridgehead atoms. The van der Waals surface area contributed by atoms with Gasteiger partial charge in [-0.05, 0) is 85.5 Å². The smallest absolute Gasteiger partial charge is 0.164 e. The van der Waals surface area contributed by atoms with Gasteiger partial charge in [-0.25, -0.2) is 15.0 Å². The first-order chi connectivity index (χ1) is 24.0. The van der Waals surface area contributed by atoms with E-state index >= 15 is 0 Å². The molecule has 1 fully saturated rings. The maximum absolute atomic E-state index is 5.25. The Hall–Kier alpha value is -5.41. The largest absolute Gasteiger partial charge is 0.208 e. The molecule has 0 amide bonds. The average molecular weight is 630 g/mol. The van der Waals surface area contributed by atoms with Gasteiger partial charge in [-0.3, -0.25) is 0 Å². The molecule has 1 saturated carbocycles. The van der Waals surface area contributed by atoms with Gasteiger partial charge in [0, 0.05) is 27.5 Å². The lowest BCUT2D eigenvalue weighted by Crippen LogP contribution is -2.49. The first kappa shape index (κ1) is 27.5. The Morgan fingerprint density at radius 1 is 0.571 bits per heavy atom. The number of hydrogen-bond acceptors (Lipinski definition) is 3. The van der Waals surface area contributed by atoms with Crippen LogP contribution in [0.25, 0.3) is 67.2 Å². The summed E-state index contributed by atoms with van der Waals surface area (Å²) in [6.45, 7) is 7.48. The molecular formula is C46H35N3. The molecule has 0 N–H and O–H groups in total. The zero-order valence-electron chi connectivity index (χ0n) is 27.9. The van der Waals surface area contributed by atoms with Crippen molar-refractivity contribution in [1.29, 1.82) is 0 Å². The highest BCUT2D eigenvalue weighted by molar-refractivity contribution is 5.96. The van der Waals surface area contributed by atoms with Gasteiger partial charge in [0.05, 0.1) is 0 Å². The number of aromatic nitrogens is 3. The van der Waals surface area contributed by atoms with E-state index in [4.69, 9.17) is 15.0 Å². The third kappa shape index (κ3) is 3.31. The van der Waals surface area contributed by atoms with Crippen molar-refractivity contribution in [2.24, 2.45) is 11.8 Å². The predicted octanol–water partition coefficient (Wildman–Crippen LogP) is 11.0. The lowest BCUT2D eigenvalue weighted by atomic mass is 9.50. The van der Waals surface area contributed by atoms with Gasteiger partial charge in [0.25, 0.3) is 0 Å². The molecule has 11 rings (SSSR count).